The quantitative estimate of drug-likeness (QED) is 0.714. The van der Waals surface area contributed by atoms with Crippen molar-refractivity contribution in [1.82, 2.24) is 9.88 Å². The summed E-state index contributed by atoms with van der Waals surface area (Å²) >= 11 is 1.34. The molecule has 15 heavy (non-hydrogen) atoms. The summed E-state index contributed by atoms with van der Waals surface area (Å²) in [5, 5.41) is 1.64. The molecule has 82 valence electrons. The molecule has 6 heteroatoms. The maximum atomic E-state index is 11.6. The fourth-order valence-corrected chi connectivity index (χ4v) is 1.51. The average molecular weight is 228 g/mol. The Labute approximate surface area is 91.7 Å². The van der Waals surface area contributed by atoms with E-state index in [0.29, 0.717) is 12.3 Å². The third-order valence-electron chi connectivity index (χ3n) is 1.67. The third-order valence-corrected chi connectivity index (χ3v) is 2.26. The lowest BCUT2D eigenvalue weighted by molar-refractivity contribution is -0.143. The number of likely N-dealkylation sites (N-methyl/N-ethyl adjacent to an activating group) is 1. The molecular formula is C9H12N2O3S. The molecule has 0 N–H and O–H groups in total. The van der Waals surface area contributed by atoms with Crippen LogP contribution in [0.2, 0.25) is 0 Å². The van der Waals surface area contributed by atoms with Crippen molar-refractivity contribution in [2.75, 3.05) is 20.2 Å². The summed E-state index contributed by atoms with van der Waals surface area (Å²) in [5.41, 5.74) is 1.93. The number of hydrogen-bond acceptors (Lipinski definition) is 5. The Balaban J connectivity index is 2.51. The van der Waals surface area contributed by atoms with Gasteiger partial charge in [-0.05, 0) is 6.92 Å². The van der Waals surface area contributed by atoms with Crippen LogP contribution in [-0.4, -0.2) is 42.0 Å². The van der Waals surface area contributed by atoms with Crippen LogP contribution in [-0.2, 0) is 9.53 Å². The van der Waals surface area contributed by atoms with Gasteiger partial charge in [-0.2, -0.15) is 0 Å². The van der Waals surface area contributed by atoms with Gasteiger partial charge in [0.25, 0.3) is 5.91 Å². The van der Waals surface area contributed by atoms with E-state index in [1.165, 1.54) is 16.2 Å². The molecule has 0 unspecified atom stereocenters. The van der Waals surface area contributed by atoms with Crippen molar-refractivity contribution >= 4 is 23.2 Å². The maximum absolute atomic E-state index is 11.6. The van der Waals surface area contributed by atoms with Gasteiger partial charge in [-0.25, -0.2) is 4.98 Å². The van der Waals surface area contributed by atoms with E-state index in [4.69, 9.17) is 4.74 Å². The first-order valence-electron chi connectivity index (χ1n) is 4.44. The first kappa shape index (κ1) is 11.6. The number of carbonyl (C=O) groups is 2. The average Bonchev–Trinajstić information content (AvgIpc) is 2.69. The Kier molecular flexibility index (Phi) is 4.23. The zero-order valence-electron chi connectivity index (χ0n) is 8.60. The van der Waals surface area contributed by atoms with Crippen LogP contribution in [0.1, 0.15) is 17.4 Å². The van der Waals surface area contributed by atoms with Gasteiger partial charge in [0.15, 0.2) is 0 Å². The van der Waals surface area contributed by atoms with Gasteiger partial charge < -0.3 is 9.64 Å². The van der Waals surface area contributed by atoms with Crippen molar-refractivity contribution in [2.45, 2.75) is 6.92 Å². The van der Waals surface area contributed by atoms with Crippen LogP contribution in [0.3, 0.4) is 0 Å². The summed E-state index contributed by atoms with van der Waals surface area (Å²) in [6.07, 6.45) is 0. The molecule has 0 aliphatic rings. The fourth-order valence-electron chi connectivity index (χ4n) is 0.986. The van der Waals surface area contributed by atoms with Gasteiger partial charge in [-0.15, -0.1) is 11.3 Å². The summed E-state index contributed by atoms with van der Waals surface area (Å²) in [4.78, 5) is 27.9. The minimum absolute atomic E-state index is 0.0514. The summed E-state index contributed by atoms with van der Waals surface area (Å²) in [5.74, 6) is -0.687. The Morgan fingerprint density at radius 3 is 2.87 bits per heavy atom. The van der Waals surface area contributed by atoms with Crippen molar-refractivity contribution in [3.63, 3.8) is 0 Å². The number of esters is 1. The van der Waals surface area contributed by atoms with Crippen LogP contribution in [0.5, 0.6) is 0 Å². The molecule has 0 atom stereocenters. The highest BCUT2D eigenvalue weighted by Gasteiger charge is 2.16. The Bertz CT molecular complexity index is 337. The molecule has 0 fully saturated rings. The number of carbonyl (C=O) groups excluding carboxylic acids is 2. The molecular weight excluding hydrogens is 216 g/mol. The van der Waals surface area contributed by atoms with E-state index in [-0.39, 0.29) is 12.5 Å². The van der Waals surface area contributed by atoms with Crippen molar-refractivity contribution in [3.8, 4) is 0 Å². The standard InChI is InChI=1S/C9H12N2O3S/c1-3-14-8(12)4-11(2)9(13)7-5-15-6-10-7/h5-6H,3-4H2,1-2H3. The van der Waals surface area contributed by atoms with Gasteiger partial charge in [0.2, 0.25) is 0 Å². The van der Waals surface area contributed by atoms with Crippen molar-refractivity contribution < 1.29 is 14.3 Å². The lowest BCUT2D eigenvalue weighted by Crippen LogP contribution is -2.33. The molecule has 0 saturated heterocycles. The van der Waals surface area contributed by atoms with Gasteiger partial charge in [0.05, 0.1) is 12.1 Å². The molecule has 1 amide bonds. The number of thiazole rings is 1. The molecule has 0 radical (unpaired) electrons. The normalized spacial score (nSPS) is 9.73. The second-order valence-electron chi connectivity index (χ2n) is 2.84. The van der Waals surface area contributed by atoms with Crippen LogP contribution in [0.4, 0.5) is 0 Å². The zero-order valence-corrected chi connectivity index (χ0v) is 9.41. The molecule has 0 spiro atoms. The van der Waals surface area contributed by atoms with Crippen LogP contribution >= 0.6 is 11.3 Å². The van der Waals surface area contributed by atoms with Gasteiger partial charge in [0, 0.05) is 12.4 Å². The van der Waals surface area contributed by atoms with E-state index in [9.17, 15) is 9.59 Å². The van der Waals surface area contributed by atoms with Crippen LogP contribution in [0.25, 0.3) is 0 Å². The third kappa shape index (κ3) is 3.32. The molecule has 1 heterocycles. The fraction of sp³-hybridized carbons (Fsp3) is 0.444. The first-order chi connectivity index (χ1) is 7.15. The van der Waals surface area contributed by atoms with E-state index in [1.54, 1.807) is 24.9 Å². The van der Waals surface area contributed by atoms with E-state index in [1.807, 2.05) is 0 Å². The van der Waals surface area contributed by atoms with E-state index in [0.717, 1.165) is 0 Å². The van der Waals surface area contributed by atoms with E-state index in [2.05, 4.69) is 4.98 Å². The van der Waals surface area contributed by atoms with Crippen LogP contribution in [0, 0.1) is 0 Å². The molecule has 5 nitrogen and oxygen atoms in total. The summed E-state index contributed by atoms with van der Waals surface area (Å²) in [6, 6.07) is 0. The SMILES string of the molecule is CCOC(=O)CN(C)C(=O)c1cscn1. The topological polar surface area (TPSA) is 59.5 Å². The monoisotopic (exact) mass is 228 g/mol. The molecule has 0 aromatic carbocycles. The van der Waals surface area contributed by atoms with Gasteiger partial charge in [0.1, 0.15) is 12.2 Å². The molecule has 0 aliphatic carbocycles. The lowest BCUT2D eigenvalue weighted by Gasteiger charge is -2.14. The minimum Gasteiger partial charge on any atom is -0.465 e. The van der Waals surface area contributed by atoms with E-state index >= 15 is 0 Å². The highest BCUT2D eigenvalue weighted by atomic mass is 32.1. The van der Waals surface area contributed by atoms with Crippen molar-refractivity contribution in [2.24, 2.45) is 0 Å². The molecule has 1 aromatic rings. The summed E-state index contributed by atoms with van der Waals surface area (Å²) < 4.78 is 4.73. The molecule has 0 bridgehead atoms. The van der Waals surface area contributed by atoms with Gasteiger partial charge in [-0.1, -0.05) is 0 Å². The highest BCUT2D eigenvalue weighted by molar-refractivity contribution is 7.07. The molecule has 0 saturated carbocycles. The van der Waals surface area contributed by atoms with Gasteiger partial charge in [-0.3, -0.25) is 9.59 Å². The molecule has 1 rings (SSSR count). The summed E-state index contributed by atoms with van der Waals surface area (Å²) in [6.45, 7) is 1.99. The zero-order chi connectivity index (χ0) is 11.3. The second-order valence-corrected chi connectivity index (χ2v) is 3.56. The van der Waals surface area contributed by atoms with Crippen molar-refractivity contribution in [1.29, 1.82) is 0 Å². The van der Waals surface area contributed by atoms with Crippen LogP contribution in [0.15, 0.2) is 10.9 Å². The summed E-state index contributed by atoms with van der Waals surface area (Å²) in [7, 11) is 1.54. The lowest BCUT2D eigenvalue weighted by atomic mass is 10.4. The first-order valence-corrected chi connectivity index (χ1v) is 5.38. The predicted molar refractivity (Wildman–Crippen MR) is 55.7 cm³/mol. The molecule has 0 aliphatic heterocycles. The number of aromatic nitrogens is 1. The van der Waals surface area contributed by atoms with Crippen LogP contribution < -0.4 is 0 Å². The van der Waals surface area contributed by atoms with E-state index < -0.39 is 5.97 Å². The smallest absolute Gasteiger partial charge is 0.325 e. The Hall–Kier alpha value is -1.43. The number of hydrogen-bond donors (Lipinski definition) is 0. The predicted octanol–water partition coefficient (Wildman–Crippen LogP) is 0.778. The second kappa shape index (κ2) is 5.45. The minimum atomic E-state index is -0.413. The number of rotatable bonds is 4. The van der Waals surface area contributed by atoms with Gasteiger partial charge >= 0.3 is 5.97 Å². The Morgan fingerprint density at radius 1 is 1.60 bits per heavy atom. The number of ether oxygens (including phenoxy) is 1. The number of nitrogens with zero attached hydrogens (tertiary/aromatic N) is 2. The highest BCUT2D eigenvalue weighted by Crippen LogP contribution is 2.04. The maximum Gasteiger partial charge on any atom is 0.325 e. The Morgan fingerprint density at radius 2 is 2.33 bits per heavy atom. The number of amides is 1. The largest absolute Gasteiger partial charge is 0.465 e. The molecule has 1 aromatic heterocycles. The van der Waals surface area contributed by atoms with Crippen molar-refractivity contribution in [3.05, 3.63) is 16.6 Å².